The van der Waals surface area contributed by atoms with E-state index in [-0.39, 0.29) is 0 Å². The maximum atomic E-state index is 2.49. The molecular formula is C89H62N4. The lowest BCUT2D eigenvalue weighted by Gasteiger charge is -2.35. The Hall–Kier alpha value is -12.2. The van der Waals surface area contributed by atoms with Crippen molar-refractivity contribution in [2.24, 2.45) is 0 Å². The first-order valence-corrected chi connectivity index (χ1v) is 32.0. The lowest BCUT2D eigenvalue weighted by molar-refractivity contribution is 0.768. The van der Waals surface area contributed by atoms with Crippen LogP contribution in [0.25, 0.3) is 89.1 Å². The molecule has 93 heavy (non-hydrogen) atoms. The van der Waals surface area contributed by atoms with E-state index < -0.39 is 5.41 Å². The molecule has 0 atom stereocenters. The van der Waals surface area contributed by atoms with Crippen molar-refractivity contribution in [3.63, 3.8) is 0 Å². The fourth-order valence-corrected chi connectivity index (χ4v) is 14.8. The maximum Gasteiger partial charge on any atom is 0.0715 e. The Labute approximate surface area is 542 Å². The summed E-state index contributed by atoms with van der Waals surface area (Å²) in [7, 11) is 0. The van der Waals surface area contributed by atoms with Crippen LogP contribution in [0.15, 0.2) is 376 Å². The van der Waals surface area contributed by atoms with E-state index in [0.29, 0.717) is 0 Å². The molecule has 0 bridgehead atoms. The Balaban J connectivity index is 0.888. The van der Waals surface area contributed by atoms with Crippen LogP contribution in [-0.4, -0.2) is 9.13 Å². The lowest BCUT2D eigenvalue weighted by Crippen LogP contribution is -2.29. The van der Waals surface area contributed by atoms with Gasteiger partial charge in [-0.1, -0.05) is 279 Å². The van der Waals surface area contributed by atoms with Crippen LogP contribution in [0.2, 0.25) is 0 Å². The summed E-state index contributed by atoms with van der Waals surface area (Å²) < 4.78 is 4.93. The largest absolute Gasteiger partial charge is 0.310 e. The SMILES string of the molecule is c1ccc(-c2c(-c3ccccc3)n(-c3ccccc3)c3cc(N(c4ccccc4)c4ccc5c(c4)C(c4ccccc4)(c4ccccc4)c4cc(N(c6ccccc6)c6ccc7c(-c8ccccc8)c(-c8ccccc8)n(-c8ccccc8)c7c6)ccc4-5)ccc23)cc1. The van der Waals surface area contributed by atoms with Gasteiger partial charge in [-0.05, 0) is 153 Å². The number of para-hydroxylation sites is 4. The maximum absolute atomic E-state index is 2.49. The van der Waals surface area contributed by atoms with Crippen LogP contribution in [0.4, 0.5) is 34.1 Å². The Kier molecular flexibility index (Phi) is 13.7. The quantitative estimate of drug-likeness (QED) is 0.108. The predicted molar refractivity (Wildman–Crippen MR) is 389 cm³/mol. The second-order valence-corrected chi connectivity index (χ2v) is 23.9. The molecule has 438 valence electrons. The summed E-state index contributed by atoms with van der Waals surface area (Å²) in [5.74, 6) is 0. The predicted octanol–water partition coefficient (Wildman–Crippen LogP) is 23.5. The Morgan fingerprint density at radius 2 is 0.505 bits per heavy atom. The first kappa shape index (κ1) is 54.9. The standard InChI is InChI=1S/C89H62N4/c1-11-31-63(32-12-1)85-79-57-53-75(61-83(79)92(71-47-27-9-28-48-71)87(85)65-35-15-3-16-36-65)90(69-43-23-7-24-44-69)73-51-55-77-78-56-52-74(60-82(78)89(81(77)59-73,67-39-19-5-20-40-67)68-41-21-6-22-42-68)91(70-45-25-8-26-46-70)76-54-58-80-84(62-76)93(72-49-29-10-30-50-72)88(66-37-17-4-18-38-66)86(80)64-33-13-2-14-34-64/h1-62H. The lowest BCUT2D eigenvalue weighted by atomic mass is 9.67. The van der Waals surface area contributed by atoms with Gasteiger partial charge in [0.15, 0.2) is 0 Å². The molecule has 1 aliphatic carbocycles. The number of aromatic nitrogens is 2. The first-order chi connectivity index (χ1) is 46.2. The molecular weight excluding hydrogens is 1130 g/mol. The molecule has 16 aromatic rings. The van der Waals surface area contributed by atoms with Crippen LogP contribution in [0, 0.1) is 0 Å². The fourth-order valence-electron chi connectivity index (χ4n) is 14.8. The summed E-state index contributed by atoms with van der Waals surface area (Å²) in [6.07, 6.45) is 0. The summed E-state index contributed by atoms with van der Waals surface area (Å²) >= 11 is 0. The molecule has 0 aliphatic heterocycles. The zero-order chi connectivity index (χ0) is 61.7. The minimum Gasteiger partial charge on any atom is -0.310 e. The smallest absolute Gasteiger partial charge is 0.0715 e. The van der Waals surface area contributed by atoms with Gasteiger partial charge in [0, 0.05) is 67.4 Å². The van der Waals surface area contributed by atoms with Crippen molar-refractivity contribution in [3.8, 4) is 67.3 Å². The third-order valence-corrected chi connectivity index (χ3v) is 18.7. The third kappa shape index (κ3) is 9.30. The highest BCUT2D eigenvalue weighted by Crippen LogP contribution is 2.59. The molecule has 0 fully saturated rings. The van der Waals surface area contributed by atoms with Crippen molar-refractivity contribution in [2.75, 3.05) is 9.80 Å². The van der Waals surface area contributed by atoms with Gasteiger partial charge in [0.2, 0.25) is 0 Å². The van der Waals surface area contributed by atoms with Crippen LogP contribution < -0.4 is 9.80 Å². The highest BCUT2D eigenvalue weighted by molar-refractivity contribution is 6.09. The van der Waals surface area contributed by atoms with Crippen LogP contribution >= 0.6 is 0 Å². The summed E-state index contributed by atoms with van der Waals surface area (Å²) in [6, 6.07) is 138. The van der Waals surface area contributed by atoms with E-state index in [4.69, 9.17) is 0 Å². The van der Waals surface area contributed by atoms with E-state index in [0.717, 1.165) is 79.0 Å². The molecule has 0 amide bonds. The number of nitrogens with zero attached hydrogens (tertiary/aromatic N) is 4. The highest BCUT2D eigenvalue weighted by atomic mass is 15.2. The fraction of sp³-hybridized carbons (Fsp3) is 0.0112. The van der Waals surface area contributed by atoms with E-state index in [1.807, 2.05) is 0 Å². The number of fused-ring (bicyclic) bond motifs is 5. The zero-order valence-corrected chi connectivity index (χ0v) is 51.1. The average molecular weight is 1190 g/mol. The van der Waals surface area contributed by atoms with Gasteiger partial charge < -0.3 is 18.9 Å². The van der Waals surface area contributed by atoms with Gasteiger partial charge in [-0.2, -0.15) is 0 Å². The highest BCUT2D eigenvalue weighted by Gasteiger charge is 2.47. The van der Waals surface area contributed by atoms with Crippen LogP contribution in [0.1, 0.15) is 22.3 Å². The van der Waals surface area contributed by atoms with Crippen molar-refractivity contribution in [1.82, 2.24) is 9.13 Å². The second-order valence-electron chi connectivity index (χ2n) is 23.9. The molecule has 14 aromatic carbocycles. The minimum absolute atomic E-state index is 0.758. The monoisotopic (exact) mass is 1190 g/mol. The summed E-state index contributed by atoms with van der Waals surface area (Å²) in [5.41, 5.74) is 26.5. The molecule has 17 rings (SSSR count). The van der Waals surface area contributed by atoms with Crippen molar-refractivity contribution in [2.45, 2.75) is 5.41 Å². The van der Waals surface area contributed by atoms with Crippen LogP contribution in [0.5, 0.6) is 0 Å². The number of benzene rings is 14. The summed E-state index contributed by atoms with van der Waals surface area (Å²) in [6.45, 7) is 0. The molecule has 2 heterocycles. The Morgan fingerprint density at radius 3 is 0.849 bits per heavy atom. The van der Waals surface area contributed by atoms with Crippen LogP contribution in [0.3, 0.4) is 0 Å². The second kappa shape index (κ2) is 23.3. The van der Waals surface area contributed by atoms with Gasteiger partial charge in [0.25, 0.3) is 0 Å². The molecule has 0 saturated carbocycles. The van der Waals surface area contributed by atoms with E-state index >= 15 is 0 Å². The van der Waals surface area contributed by atoms with Gasteiger partial charge in [-0.3, -0.25) is 0 Å². The normalized spacial score (nSPS) is 12.2. The summed E-state index contributed by atoms with van der Waals surface area (Å²) in [5, 5.41) is 2.35. The molecule has 0 spiro atoms. The van der Waals surface area contributed by atoms with Crippen molar-refractivity contribution in [3.05, 3.63) is 398 Å². The van der Waals surface area contributed by atoms with Gasteiger partial charge in [-0.15, -0.1) is 0 Å². The van der Waals surface area contributed by atoms with Crippen molar-refractivity contribution >= 4 is 55.9 Å². The zero-order valence-electron chi connectivity index (χ0n) is 51.1. The Bertz CT molecular complexity index is 4990. The Morgan fingerprint density at radius 1 is 0.226 bits per heavy atom. The number of rotatable bonds is 14. The molecule has 4 nitrogen and oxygen atoms in total. The number of anilines is 6. The molecule has 0 saturated heterocycles. The molecule has 0 radical (unpaired) electrons. The first-order valence-electron chi connectivity index (χ1n) is 32.0. The molecule has 0 unspecified atom stereocenters. The molecule has 1 aliphatic rings. The van der Waals surface area contributed by atoms with Gasteiger partial charge in [0.1, 0.15) is 0 Å². The van der Waals surface area contributed by atoms with Gasteiger partial charge >= 0.3 is 0 Å². The van der Waals surface area contributed by atoms with Crippen molar-refractivity contribution < 1.29 is 0 Å². The topological polar surface area (TPSA) is 16.3 Å². The van der Waals surface area contributed by atoms with E-state index in [9.17, 15) is 0 Å². The average Bonchev–Trinajstić information content (AvgIpc) is 1.56. The van der Waals surface area contributed by atoms with Crippen molar-refractivity contribution in [1.29, 1.82) is 0 Å². The summed E-state index contributed by atoms with van der Waals surface area (Å²) in [4.78, 5) is 4.90. The van der Waals surface area contributed by atoms with Gasteiger partial charge in [-0.25, -0.2) is 0 Å². The van der Waals surface area contributed by atoms with E-state index in [1.54, 1.807) is 0 Å². The number of hydrogen-bond donors (Lipinski definition) is 0. The van der Waals surface area contributed by atoms with E-state index in [2.05, 4.69) is 395 Å². The molecule has 4 heteroatoms. The molecule has 0 N–H and O–H groups in total. The van der Waals surface area contributed by atoms with Crippen LogP contribution in [-0.2, 0) is 5.41 Å². The van der Waals surface area contributed by atoms with Gasteiger partial charge in [0.05, 0.1) is 27.8 Å². The number of hydrogen-bond acceptors (Lipinski definition) is 2. The van der Waals surface area contributed by atoms with E-state index in [1.165, 1.54) is 66.4 Å². The third-order valence-electron chi connectivity index (χ3n) is 18.7. The minimum atomic E-state index is -0.758. The molecule has 2 aromatic heterocycles.